The van der Waals surface area contributed by atoms with E-state index in [2.05, 4.69) is 4.99 Å². The molecule has 1 aliphatic heterocycles. The number of hydrogen-bond acceptors (Lipinski definition) is 5. The predicted molar refractivity (Wildman–Crippen MR) is 90.2 cm³/mol. The van der Waals surface area contributed by atoms with Gasteiger partial charge in [0.05, 0.1) is 6.61 Å². The van der Waals surface area contributed by atoms with Gasteiger partial charge in [-0.1, -0.05) is 6.07 Å². The number of amides is 1. The van der Waals surface area contributed by atoms with Crippen molar-refractivity contribution in [1.82, 2.24) is 4.90 Å². The van der Waals surface area contributed by atoms with Crippen molar-refractivity contribution < 1.29 is 23.5 Å². The van der Waals surface area contributed by atoms with Crippen LogP contribution in [0.1, 0.15) is 33.6 Å². The summed E-state index contributed by atoms with van der Waals surface area (Å²) in [6, 6.07) is 4.27. The van der Waals surface area contributed by atoms with Crippen molar-refractivity contribution in [2.24, 2.45) is 10.9 Å². The van der Waals surface area contributed by atoms with Crippen LogP contribution in [0.3, 0.4) is 0 Å². The second kappa shape index (κ2) is 8.12. The number of para-hydroxylation sites is 1. The van der Waals surface area contributed by atoms with Gasteiger partial charge in [-0.15, -0.1) is 0 Å². The van der Waals surface area contributed by atoms with Crippen molar-refractivity contribution in [3.63, 3.8) is 0 Å². The number of nitrogens with zero attached hydrogens (tertiary/aromatic N) is 2. The lowest BCUT2D eigenvalue weighted by molar-refractivity contribution is 0.0165. The van der Waals surface area contributed by atoms with Crippen LogP contribution in [0.4, 0.5) is 14.9 Å². The third kappa shape index (κ3) is 5.57. The fraction of sp³-hybridized carbons (Fsp3) is 0.556. The maximum Gasteiger partial charge on any atom is 0.410 e. The number of likely N-dealkylation sites (tertiary alicyclic amines) is 1. The monoisotopic (exact) mass is 350 g/mol. The molecule has 6 nitrogen and oxygen atoms in total. The highest BCUT2D eigenvalue weighted by molar-refractivity contribution is 5.68. The average Bonchev–Trinajstić information content (AvgIpc) is 2.54. The van der Waals surface area contributed by atoms with E-state index in [1.165, 1.54) is 18.2 Å². The van der Waals surface area contributed by atoms with Crippen LogP contribution in [-0.4, -0.2) is 42.4 Å². The van der Waals surface area contributed by atoms with E-state index in [9.17, 15) is 14.0 Å². The standard InChI is InChI=1S/C18H23FN2O4/c1-18(2,3)25-17(23)21-9-7-13(8-10-21)11-24-15-6-4-5-14(19)16(15)20-12-22/h4-6,13H,7-11H2,1-3H3. The Balaban J connectivity index is 1.86. The minimum Gasteiger partial charge on any atom is -0.491 e. The molecule has 7 heteroatoms. The number of isocyanates is 1. The maximum absolute atomic E-state index is 13.7. The molecule has 1 aliphatic rings. The fourth-order valence-electron chi connectivity index (χ4n) is 2.58. The Hall–Kier alpha value is -2.40. The van der Waals surface area contributed by atoms with Gasteiger partial charge in [0, 0.05) is 13.1 Å². The largest absolute Gasteiger partial charge is 0.491 e. The summed E-state index contributed by atoms with van der Waals surface area (Å²) in [7, 11) is 0. The molecule has 136 valence electrons. The number of rotatable bonds is 4. The van der Waals surface area contributed by atoms with E-state index >= 15 is 0 Å². The van der Waals surface area contributed by atoms with E-state index in [0.29, 0.717) is 19.7 Å². The minimum atomic E-state index is -0.624. The second-order valence-corrected chi connectivity index (χ2v) is 7.01. The van der Waals surface area contributed by atoms with Gasteiger partial charge in [-0.3, -0.25) is 0 Å². The molecule has 0 aromatic heterocycles. The Morgan fingerprint density at radius 2 is 2.04 bits per heavy atom. The Kier molecular flexibility index (Phi) is 6.15. The zero-order chi connectivity index (χ0) is 18.4. The molecule has 0 spiro atoms. The van der Waals surface area contributed by atoms with Crippen molar-refractivity contribution >= 4 is 17.9 Å². The summed E-state index contributed by atoms with van der Waals surface area (Å²) < 4.78 is 24.7. The Bertz CT molecular complexity index is 658. The van der Waals surface area contributed by atoms with E-state index in [-0.39, 0.29) is 23.4 Å². The first-order valence-electron chi connectivity index (χ1n) is 8.27. The van der Waals surface area contributed by atoms with Crippen molar-refractivity contribution in [1.29, 1.82) is 0 Å². The average molecular weight is 350 g/mol. The van der Waals surface area contributed by atoms with E-state index < -0.39 is 11.4 Å². The number of piperidine rings is 1. The van der Waals surface area contributed by atoms with E-state index in [4.69, 9.17) is 9.47 Å². The predicted octanol–water partition coefficient (Wildman–Crippen LogP) is 3.82. The van der Waals surface area contributed by atoms with Crippen molar-refractivity contribution in [2.45, 2.75) is 39.2 Å². The quantitative estimate of drug-likeness (QED) is 0.611. The number of carbonyl (C=O) groups excluding carboxylic acids is 2. The van der Waals surface area contributed by atoms with Gasteiger partial charge in [0.25, 0.3) is 0 Å². The van der Waals surface area contributed by atoms with Gasteiger partial charge in [0.15, 0.2) is 11.5 Å². The summed E-state index contributed by atoms with van der Waals surface area (Å²) in [4.78, 5) is 27.5. The van der Waals surface area contributed by atoms with Crippen molar-refractivity contribution in [3.8, 4) is 5.75 Å². The third-order valence-corrected chi connectivity index (χ3v) is 3.85. The van der Waals surface area contributed by atoms with Crippen molar-refractivity contribution in [2.75, 3.05) is 19.7 Å². The molecule has 0 N–H and O–H groups in total. The highest BCUT2D eigenvalue weighted by atomic mass is 19.1. The zero-order valence-corrected chi connectivity index (χ0v) is 14.8. The number of carbonyl (C=O) groups is 1. The Morgan fingerprint density at radius 3 is 2.64 bits per heavy atom. The second-order valence-electron chi connectivity index (χ2n) is 7.01. The van der Waals surface area contributed by atoms with Crippen LogP contribution < -0.4 is 4.74 Å². The molecular weight excluding hydrogens is 327 g/mol. The SMILES string of the molecule is CC(C)(C)OC(=O)N1CCC(COc2cccc(F)c2N=C=O)CC1. The number of aliphatic imine (C=N–C) groups is 1. The molecule has 1 aromatic rings. The molecular formula is C18H23FN2O4. The summed E-state index contributed by atoms with van der Waals surface area (Å²) in [5.74, 6) is -0.173. The topological polar surface area (TPSA) is 68.2 Å². The molecule has 0 aliphatic carbocycles. The number of ether oxygens (including phenoxy) is 2. The van der Waals surface area contributed by atoms with Crippen LogP contribution in [0.15, 0.2) is 23.2 Å². The fourth-order valence-corrected chi connectivity index (χ4v) is 2.58. The Labute approximate surface area is 146 Å². The lowest BCUT2D eigenvalue weighted by Crippen LogP contribution is -2.42. The van der Waals surface area contributed by atoms with Gasteiger partial charge in [-0.2, -0.15) is 4.99 Å². The minimum absolute atomic E-state index is 0.135. The smallest absolute Gasteiger partial charge is 0.410 e. The zero-order valence-electron chi connectivity index (χ0n) is 14.8. The molecule has 1 saturated heterocycles. The van der Waals surface area contributed by atoms with E-state index in [1.807, 2.05) is 20.8 Å². The molecule has 25 heavy (non-hydrogen) atoms. The first kappa shape index (κ1) is 18.9. The lowest BCUT2D eigenvalue weighted by atomic mass is 9.98. The number of halogens is 1. The molecule has 0 atom stereocenters. The molecule has 2 rings (SSSR count). The first-order valence-corrected chi connectivity index (χ1v) is 8.27. The molecule has 1 amide bonds. The molecule has 0 unspecified atom stereocenters. The third-order valence-electron chi connectivity index (χ3n) is 3.85. The van der Waals surface area contributed by atoms with Gasteiger partial charge < -0.3 is 14.4 Å². The summed E-state index contributed by atoms with van der Waals surface area (Å²) in [5, 5.41) is 0. The van der Waals surface area contributed by atoms with Crippen LogP contribution >= 0.6 is 0 Å². The highest BCUT2D eigenvalue weighted by Gasteiger charge is 2.27. The van der Waals surface area contributed by atoms with Crippen LogP contribution in [0.2, 0.25) is 0 Å². The molecule has 0 radical (unpaired) electrons. The molecule has 1 aromatic carbocycles. The number of hydrogen-bond donors (Lipinski definition) is 0. The summed E-state index contributed by atoms with van der Waals surface area (Å²) in [5.41, 5.74) is -0.645. The maximum atomic E-state index is 13.7. The van der Waals surface area contributed by atoms with Crippen LogP contribution in [-0.2, 0) is 9.53 Å². The molecule has 1 heterocycles. The molecule has 1 fully saturated rings. The van der Waals surface area contributed by atoms with Crippen LogP contribution in [0, 0.1) is 11.7 Å². The van der Waals surface area contributed by atoms with Crippen LogP contribution in [0.5, 0.6) is 5.75 Å². The lowest BCUT2D eigenvalue weighted by Gasteiger charge is -2.33. The van der Waals surface area contributed by atoms with E-state index in [0.717, 1.165) is 12.8 Å². The summed E-state index contributed by atoms with van der Waals surface area (Å²) in [6.07, 6.45) is 2.56. The van der Waals surface area contributed by atoms with Gasteiger partial charge in [-0.25, -0.2) is 14.0 Å². The molecule has 0 bridgehead atoms. The van der Waals surface area contributed by atoms with Gasteiger partial charge in [0.1, 0.15) is 11.4 Å². The van der Waals surface area contributed by atoms with Gasteiger partial charge >= 0.3 is 6.09 Å². The first-order chi connectivity index (χ1) is 11.8. The van der Waals surface area contributed by atoms with Crippen molar-refractivity contribution in [3.05, 3.63) is 24.0 Å². The number of benzene rings is 1. The van der Waals surface area contributed by atoms with Gasteiger partial charge in [0.2, 0.25) is 6.08 Å². The van der Waals surface area contributed by atoms with Crippen LogP contribution in [0.25, 0.3) is 0 Å². The van der Waals surface area contributed by atoms with Gasteiger partial charge in [-0.05, 0) is 51.7 Å². The summed E-state index contributed by atoms with van der Waals surface area (Å²) in [6.45, 7) is 7.06. The molecule has 0 saturated carbocycles. The summed E-state index contributed by atoms with van der Waals surface area (Å²) >= 11 is 0. The Morgan fingerprint density at radius 1 is 1.36 bits per heavy atom. The normalized spacial score (nSPS) is 15.4. The van der Waals surface area contributed by atoms with E-state index in [1.54, 1.807) is 11.0 Å². The highest BCUT2D eigenvalue weighted by Crippen LogP contribution is 2.31.